The molecule has 0 saturated carbocycles. The van der Waals surface area contributed by atoms with Gasteiger partial charge in [-0.05, 0) is 31.9 Å². The predicted octanol–water partition coefficient (Wildman–Crippen LogP) is 1.53. The van der Waals surface area contributed by atoms with Crippen LogP contribution < -0.4 is 4.74 Å². The minimum atomic E-state index is -0.947. The Balaban J connectivity index is 2.01. The molecule has 2 atom stereocenters. The molecule has 1 aromatic rings. The second-order valence-electron chi connectivity index (χ2n) is 4.60. The fourth-order valence-corrected chi connectivity index (χ4v) is 2.27. The monoisotopic (exact) mass is 263 g/mol. The molecule has 0 radical (unpaired) electrons. The second-order valence-corrected chi connectivity index (χ2v) is 4.60. The van der Waals surface area contributed by atoms with Gasteiger partial charge in [0.25, 0.3) is 5.91 Å². The summed E-state index contributed by atoms with van der Waals surface area (Å²) in [5, 5.41) is 9.07. The molecule has 1 amide bonds. The molecule has 5 heteroatoms. The molecule has 19 heavy (non-hydrogen) atoms. The van der Waals surface area contributed by atoms with E-state index in [-0.39, 0.29) is 5.91 Å². The SMILES string of the molecule is C[C@H](Oc1ccccc1)C(=O)N1CCC[C@@H]1C(=O)O. The van der Waals surface area contributed by atoms with E-state index in [0.29, 0.717) is 18.7 Å². The van der Waals surface area contributed by atoms with E-state index in [9.17, 15) is 9.59 Å². The normalized spacial score (nSPS) is 20.1. The number of amides is 1. The van der Waals surface area contributed by atoms with Crippen LogP contribution in [0.1, 0.15) is 19.8 Å². The van der Waals surface area contributed by atoms with Gasteiger partial charge in [-0.25, -0.2) is 4.79 Å². The summed E-state index contributed by atoms with van der Waals surface area (Å²) in [5.41, 5.74) is 0. The molecule has 1 aromatic carbocycles. The van der Waals surface area contributed by atoms with Gasteiger partial charge in [-0.2, -0.15) is 0 Å². The van der Waals surface area contributed by atoms with Crippen molar-refractivity contribution in [1.29, 1.82) is 0 Å². The first-order valence-corrected chi connectivity index (χ1v) is 6.34. The van der Waals surface area contributed by atoms with Crippen LogP contribution in [0.5, 0.6) is 5.75 Å². The molecule has 2 rings (SSSR count). The van der Waals surface area contributed by atoms with Gasteiger partial charge >= 0.3 is 5.97 Å². The van der Waals surface area contributed by atoms with E-state index in [1.165, 1.54) is 4.90 Å². The summed E-state index contributed by atoms with van der Waals surface area (Å²) in [6, 6.07) is 8.32. The Morgan fingerprint density at radius 1 is 1.37 bits per heavy atom. The standard InChI is InChI=1S/C14H17NO4/c1-10(19-11-6-3-2-4-7-11)13(16)15-9-5-8-12(15)14(17)18/h2-4,6-7,10,12H,5,8-9H2,1H3,(H,17,18)/t10-,12+/m0/s1. The van der Waals surface area contributed by atoms with Crippen molar-refractivity contribution in [3.63, 3.8) is 0 Å². The third-order valence-corrected chi connectivity index (χ3v) is 3.22. The van der Waals surface area contributed by atoms with Gasteiger partial charge in [-0.3, -0.25) is 4.79 Å². The Hall–Kier alpha value is -2.04. The van der Waals surface area contributed by atoms with Crippen LogP contribution in [-0.4, -0.2) is 40.6 Å². The zero-order valence-corrected chi connectivity index (χ0v) is 10.8. The third kappa shape index (κ3) is 3.05. The number of nitrogens with zero attached hydrogens (tertiary/aromatic N) is 1. The van der Waals surface area contributed by atoms with Gasteiger partial charge in [0.15, 0.2) is 6.10 Å². The van der Waals surface area contributed by atoms with E-state index < -0.39 is 18.1 Å². The first-order valence-electron chi connectivity index (χ1n) is 6.34. The van der Waals surface area contributed by atoms with Crippen LogP contribution in [0.25, 0.3) is 0 Å². The summed E-state index contributed by atoms with van der Waals surface area (Å²) in [6.07, 6.45) is 0.558. The number of para-hydroxylation sites is 1. The highest BCUT2D eigenvalue weighted by molar-refractivity contribution is 5.86. The number of hydrogen-bond donors (Lipinski definition) is 1. The van der Waals surface area contributed by atoms with E-state index in [4.69, 9.17) is 9.84 Å². The van der Waals surface area contributed by atoms with Crippen molar-refractivity contribution in [2.75, 3.05) is 6.54 Å². The number of aliphatic carboxylic acids is 1. The van der Waals surface area contributed by atoms with Crippen LogP contribution in [0, 0.1) is 0 Å². The maximum absolute atomic E-state index is 12.2. The van der Waals surface area contributed by atoms with E-state index in [1.807, 2.05) is 18.2 Å². The average molecular weight is 263 g/mol. The lowest BCUT2D eigenvalue weighted by Gasteiger charge is -2.25. The Bertz CT molecular complexity index is 460. The Morgan fingerprint density at radius 2 is 2.05 bits per heavy atom. The van der Waals surface area contributed by atoms with E-state index in [2.05, 4.69) is 0 Å². The van der Waals surface area contributed by atoms with Gasteiger partial charge in [0.05, 0.1) is 0 Å². The molecular weight excluding hydrogens is 246 g/mol. The van der Waals surface area contributed by atoms with Crippen molar-refractivity contribution < 1.29 is 19.4 Å². The van der Waals surface area contributed by atoms with Crippen LogP contribution in [0.15, 0.2) is 30.3 Å². The molecule has 0 aliphatic carbocycles. The highest BCUT2D eigenvalue weighted by Gasteiger charge is 2.36. The van der Waals surface area contributed by atoms with Crippen molar-refractivity contribution in [3.8, 4) is 5.75 Å². The maximum atomic E-state index is 12.2. The lowest BCUT2D eigenvalue weighted by molar-refractivity contribution is -0.150. The molecule has 1 aliphatic heterocycles. The molecule has 5 nitrogen and oxygen atoms in total. The van der Waals surface area contributed by atoms with E-state index in [1.54, 1.807) is 19.1 Å². The molecule has 1 aliphatic rings. The van der Waals surface area contributed by atoms with Crippen LogP contribution in [0.4, 0.5) is 0 Å². The Kier molecular flexibility index (Phi) is 4.04. The number of hydrogen-bond acceptors (Lipinski definition) is 3. The number of carbonyl (C=O) groups excluding carboxylic acids is 1. The minimum absolute atomic E-state index is 0.270. The lowest BCUT2D eigenvalue weighted by atomic mass is 10.2. The third-order valence-electron chi connectivity index (χ3n) is 3.22. The van der Waals surface area contributed by atoms with Crippen LogP contribution in [0.2, 0.25) is 0 Å². The van der Waals surface area contributed by atoms with Crippen molar-refractivity contribution in [3.05, 3.63) is 30.3 Å². The molecule has 0 aromatic heterocycles. The number of carbonyl (C=O) groups is 2. The first-order chi connectivity index (χ1) is 9.09. The van der Waals surface area contributed by atoms with Crippen molar-refractivity contribution in [2.24, 2.45) is 0 Å². The van der Waals surface area contributed by atoms with Crippen molar-refractivity contribution >= 4 is 11.9 Å². The van der Waals surface area contributed by atoms with Gasteiger partial charge in [0, 0.05) is 6.54 Å². The lowest BCUT2D eigenvalue weighted by Crippen LogP contribution is -2.46. The van der Waals surface area contributed by atoms with Gasteiger partial charge in [-0.15, -0.1) is 0 Å². The van der Waals surface area contributed by atoms with Crippen LogP contribution >= 0.6 is 0 Å². The van der Waals surface area contributed by atoms with Crippen molar-refractivity contribution in [1.82, 2.24) is 4.90 Å². The van der Waals surface area contributed by atoms with Crippen LogP contribution in [0.3, 0.4) is 0 Å². The second kappa shape index (κ2) is 5.73. The summed E-state index contributed by atoms with van der Waals surface area (Å²) >= 11 is 0. The Morgan fingerprint density at radius 3 is 2.68 bits per heavy atom. The molecule has 1 heterocycles. The maximum Gasteiger partial charge on any atom is 0.326 e. The van der Waals surface area contributed by atoms with E-state index in [0.717, 1.165) is 6.42 Å². The molecule has 102 valence electrons. The fourth-order valence-electron chi connectivity index (χ4n) is 2.27. The highest BCUT2D eigenvalue weighted by Crippen LogP contribution is 2.20. The zero-order valence-electron chi connectivity index (χ0n) is 10.8. The summed E-state index contributed by atoms with van der Waals surface area (Å²) < 4.78 is 5.53. The quantitative estimate of drug-likeness (QED) is 0.894. The molecule has 0 bridgehead atoms. The average Bonchev–Trinajstić information content (AvgIpc) is 2.88. The predicted molar refractivity (Wildman–Crippen MR) is 68.9 cm³/mol. The van der Waals surface area contributed by atoms with Gasteiger partial charge in [-0.1, -0.05) is 18.2 Å². The highest BCUT2D eigenvalue weighted by atomic mass is 16.5. The minimum Gasteiger partial charge on any atom is -0.481 e. The summed E-state index contributed by atoms with van der Waals surface area (Å²) in [5.74, 6) is -0.610. The number of carboxylic acid groups (broad SMARTS) is 1. The molecular formula is C14H17NO4. The number of likely N-dealkylation sites (tertiary alicyclic amines) is 1. The molecule has 0 unspecified atom stereocenters. The molecule has 1 N–H and O–H groups in total. The fraction of sp³-hybridized carbons (Fsp3) is 0.429. The molecule has 0 spiro atoms. The van der Waals surface area contributed by atoms with Crippen molar-refractivity contribution in [2.45, 2.75) is 31.9 Å². The Labute approximate surface area is 111 Å². The summed E-state index contributed by atoms with van der Waals surface area (Å²) in [7, 11) is 0. The van der Waals surface area contributed by atoms with E-state index >= 15 is 0 Å². The smallest absolute Gasteiger partial charge is 0.326 e. The number of benzene rings is 1. The topological polar surface area (TPSA) is 66.8 Å². The number of carboxylic acids is 1. The summed E-state index contributed by atoms with van der Waals surface area (Å²) in [6.45, 7) is 2.13. The van der Waals surface area contributed by atoms with Gasteiger partial charge < -0.3 is 14.7 Å². The largest absolute Gasteiger partial charge is 0.481 e. The first kappa shape index (κ1) is 13.4. The summed E-state index contributed by atoms with van der Waals surface area (Å²) in [4.78, 5) is 24.7. The molecule has 1 saturated heterocycles. The van der Waals surface area contributed by atoms with Gasteiger partial charge in [0.1, 0.15) is 11.8 Å². The number of rotatable bonds is 4. The number of ether oxygens (including phenoxy) is 1. The van der Waals surface area contributed by atoms with Crippen LogP contribution in [-0.2, 0) is 9.59 Å². The molecule has 1 fully saturated rings. The van der Waals surface area contributed by atoms with Gasteiger partial charge in [0.2, 0.25) is 0 Å². The zero-order chi connectivity index (χ0) is 13.8.